The fourth-order valence-electron chi connectivity index (χ4n) is 1.87. The fourth-order valence-corrected chi connectivity index (χ4v) is 1.87. The van der Waals surface area contributed by atoms with Gasteiger partial charge in [-0.2, -0.15) is 0 Å². The van der Waals surface area contributed by atoms with Crippen molar-refractivity contribution in [3.8, 4) is 5.75 Å². The molecule has 3 nitrogen and oxygen atoms in total. The molecule has 1 aromatic rings. The molecule has 1 aromatic carbocycles. The van der Waals surface area contributed by atoms with E-state index in [4.69, 9.17) is 0 Å². The van der Waals surface area contributed by atoms with Crippen LogP contribution >= 0.6 is 0 Å². The number of benzene rings is 1. The Hall–Kier alpha value is -1.51. The Bertz CT molecular complexity index is 422. The highest BCUT2D eigenvalue weighted by atomic mass is 16.3. The Balaban J connectivity index is 2.76. The van der Waals surface area contributed by atoms with Gasteiger partial charge in [0.25, 0.3) is 0 Å². The Kier molecular flexibility index (Phi) is 1.62. The zero-order chi connectivity index (χ0) is 10.5. The molecule has 2 rings (SSSR count). The SMILES string of the molecule is Cc1ccc(O)c2c1NC(=O)C2(C)C. The zero-order valence-electron chi connectivity index (χ0n) is 8.51. The minimum atomic E-state index is -0.633. The minimum absolute atomic E-state index is 0.0582. The highest BCUT2D eigenvalue weighted by Gasteiger charge is 2.41. The molecule has 0 fully saturated rings. The molecule has 0 saturated heterocycles. The van der Waals surface area contributed by atoms with Gasteiger partial charge in [-0.15, -0.1) is 0 Å². The van der Waals surface area contributed by atoms with Gasteiger partial charge in [0.1, 0.15) is 5.75 Å². The van der Waals surface area contributed by atoms with Crippen molar-refractivity contribution >= 4 is 11.6 Å². The first-order valence-electron chi connectivity index (χ1n) is 4.59. The van der Waals surface area contributed by atoms with Crippen molar-refractivity contribution < 1.29 is 9.90 Å². The molecule has 0 unspecified atom stereocenters. The highest BCUT2D eigenvalue weighted by Crippen LogP contribution is 2.44. The summed E-state index contributed by atoms with van der Waals surface area (Å²) in [6.45, 7) is 5.54. The smallest absolute Gasteiger partial charge is 0.234 e. The van der Waals surface area contributed by atoms with Crippen molar-refractivity contribution in [2.75, 3.05) is 5.32 Å². The number of hydrogen-bond acceptors (Lipinski definition) is 2. The number of carbonyl (C=O) groups excluding carboxylic acids is 1. The van der Waals surface area contributed by atoms with Crippen LogP contribution in [0, 0.1) is 6.92 Å². The lowest BCUT2D eigenvalue weighted by Gasteiger charge is -2.16. The van der Waals surface area contributed by atoms with Crippen LogP contribution in [0.15, 0.2) is 12.1 Å². The van der Waals surface area contributed by atoms with E-state index in [-0.39, 0.29) is 11.7 Å². The van der Waals surface area contributed by atoms with Gasteiger partial charge in [-0.05, 0) is 32.4 Å². The number of aryl methyl sites for hydroxylation is 1. The summed E-state index contributed by atoms with van der Waals surface area (Å²) in [6, 6.07) is 3.44. The summed E-state index contributed by atoms with van der Waals surface area (Å²) in [4.78, 5) is 11.6. The number of fused-ring (bicyclic) bond motifs is 1. The van der Waals surface area contributed by atoms with Crippen LogP contribution in [0.25, 0.3) is 0 Å². The van der Waals surface area contributed by atoms with E-state index in [9.17, 15) is 9.90 Å². The van der Waals surface area contributed by atoms with E-state index in [0.717, 1.165) is 11.3 Å². The highest BCUT2D eigenvalue weighted by molar-refractivity contribution is 6.07. The number of anilines is 1. The molecule has 1 aliphatic heterocycles. The number of aromatic hydroxyl groups is 1. The molecule has 14 heavy (non-hydrogen) atoms. The molecule has 0 spiro atoms. The van der Waals surface area contributed by atoms with Crippen molar-refractivity contribution in [2.45, 2.75) is 26.2 Å². The topological polar surface area (TPSA) is 49.3 Å². The van der Waals surface area contributed by atoms with Crippen LogP contribution in [0.5, 0.6) is 5.75 Å². The molecule has 0 bridgehead atoms. The standard InChI is InChI=1S/C11H13NO2/c1-6-4-5-7(13)8-9(6)12-10(14)11(8,2)3/h4-5,13H,1-3H3,(H,12,14). The van der Waals surface area contributed by atoms with Crippen LogP contribution in [-0.4, -0.2) is 11.0 Å². The predicted molar refractivity (Wildman–Crippen MR) is 54.5 cm³/mol. The molecule has 0 atom stereocenters. The molecule has 1 aliphatic rings. The van der Waals surface area contributed by atoms with Crippen molar-refractivity contribution in [3.63, 3.8) is 0 Å². The Labute approximate surface area is 82.8 Å². The number of nitrogens with one attached hydrogen (secondary N) is 1. The zero-order valence-corrected chi connectivity index (χ0v) is 8.51. The molecule has 0 aliphatic carbocycles. The number of rotatable bonds is 0. The maximum Gasteiger partial charge on any atom is 0.234 e. The van der Waals surface area contributed by atoms with E-state index >= 15 is 0 Å². The molecule has 3 heteroatoms. The summed E-state index contributed by atoms with van der Waals surface area (Å²) in [5, 5.41) is 12.5. The lowest BCUT2D eigenvalue weighted by molar-refractivity contribution is -0.119. The summed E-state index contributed by atoms with van der Waals surface area (Å²) < 4.78 is 0. The van der Waals surface area contributed by atoms with Crippen LogP contribution in [0.3, 0.4) is 0 Å². The molecule has 2 N–H and O–H groups in total. The maximum absolute atomic E-state index is 11.6. The molecular formula is C11H13NO2. The van der Waals surface area contributed by atoms with Gasteiger partial charge in [-0.3, -0.25) is 4.79 Å². The van der Waals surface area contributed by atoms with Crippen molar-refractivity contribution in [1.82, 2.24) is 0 Å². The third-order valence-electron chi connectivity index (χ3n) is 2.82. The lowest BCUT2D eigenvalue weighted by atomic mass is 9.85. The number of amides is 1. The van der Waals surface area contributed by atoms with Crippen molar-refractivity contribution in [3.05, 3.63) is 23.3 Å². The number of phenolic OH excluding ortho intramolecular Hbond substituents is 1. The third-order valence-corrected chi connectivity index (χ3v) is 2.82. The summed E-state index contributed by atoms with van der Waals surface area (Å²) in [7, 11) is 0. The normalized spacial score (nSPS) is 17.8. The first-order chi connectivity index (χ1) is 6.44. The summed E-state index contributed by atoms with van der Waals surface area (Å²) in [5.41, 5.74) is 1.82. The second-order valence-electron chi connectivity index (χ2n) is 4.23. The van der Waals surface area contributed by atoms with Crippen LogP contribution < -0.4 is 5.32 Å². The molecule has 1 heterocycles. The molecule has 74 valence electrons. The van der Waals surface area contributed by atoms with Gasteiger partial charge in [0.05, 0.1) is 11.1 Å². The van der Waals surface area contributed by atoms with Crippen molar-refractivity contribution in [1.29, 1.82) is 0 Å². The Morgan fingerprint density at radius 1 is 1.36 bits per heavy atom. The van der Waals surface area contributed by atoms with Gasteiger partial charge in [0.2, 0.25) is 5.91 Å². The summed E-state index contributed by atoms with van der Waals surface area (Å²) >= 11 is 0. The Morgan fingerprint density at radius 3 is 2.57 bits per heavy atom. The third kappa shape index (κ3) is 0.953. The largest absolute Gasteiger partial charge is 0.508 e. The van der Waals surface area contributed by atoms with E-state index in [2.05, 4.69) is 5.32 Å². The van der Waals surface area contributed by atoms with Crippen LogP contribution in [0.2, 0.25) is 0 Å². The first-order valence-corrected chi connectivity index (χ1v) is 4.59. The van der Waals surface area contributed by atoms with Gasteiger partial charge in [-0.1, -0.05) is 6.07 Å². The van der Waals surface area contributed by atoms with Gasteiger partial charge in [0.15, 0.2) is 0 Å². The molecule has 1 amide bonds. The predicted octanol–water partition coefficient (Wildman–Crippen LogP) is 1.93. The quantitative estimate of drug-likeness (QED) is 0.658. The second kappa shape index (κ2) is 2.50. The van der Waals surface area contributed by atoms with E-state index in [0.29, 0.717) is 5.56 Å². The van der Waals surface area contributed by atoms with Gasteiger partial charge in [-0.25, -0.2) is 0 Å². The first kappa shape index (κ1) is 9.06. The van der Waals surface area contributed by atoms with Gasteiger partial charge >= 0.3 is 0 Å². The number of phenols is 1. The van der Waals surface area contributed by atoms with E-state index in [1.807, 2.05) is 20.8 Å². The van der Waals surface area contributed by atoms with Gasteiger partial charge < -0.3 is 10.4 Å². The van der Waals surface area contributed by atoms with Crippen LogP contribution in [0.4, 0.5) is 5.69 Å². The lowest BCUT2D eigenvalue weighted by Crippen LogP contribution is -2.26. The summed E-state index contributed by atoms with van der Waals surface area (Å²) in [5.74, 6) is 0.131. The molecule has 0 aromatic heterocycles. The average molecular weight is 191 g/mol. The fraction of sp³-hybridized carbons (Fsp3) is 0.364. The number of carbonyl (C=O) groups is 1. The molecular weight excluding hydrogens is 178 g/mol. The summed E-state index contributed by atoms with van der Waals surface area (Å²) in [6.07, 6.45) is 0. The van der Waals surface area contributed by atoms with Crippen LogP contribution in [0.1, 0.15) is 25.0 Å². The monoisotopic (exact) mass is 191 g/mol. The van der Waals surface area contributed by atoms with Gasteiger partial charge in [0, 0.05) is 5.56 Å². The minimum Gasteiger partial charge on any atom is -0.508 e. The van der Waals surface area contributed by atoms with Crippen LogP contribution in [-0.2, 0) is 10.2 Å². The van der Waals surface area contributed by atoms with Crippen molar-refractivity contribution in [2.24, 2.45) is 0 Å². The Morgan fingerprint density at radius 2 is 2.00 bits per heavy atom. The molecule has 0 saturated carbocycles. The maximum atomic E-state index is 11.6. The number of hydrogen-bond donors (Lipinski definition) is 2. The molecule has 0 radical (unpaired) electrons. The average Bonchev–Trinajstić information content (AvgIpc) is 2.33. The second-order valence-corrected chi connectivity index (χ2v) is 4.23. The van der Waals surface area contributed by atoms with E-state index < -0.39 is 5.41 Å². The van der Waals surface area contributed by atoms with E-state index in [1.165, 1.54) is 0 Å². The van der Waals surface area contributed by atoms with E-state index in [1.54, 1.807) is 12.1 Å².